The first-order chi connectivity index (χ1) is 16.5. The molecule has 4 N–H and O–H groups in total. The summed E-state index contributed by atoms with van der Waals surface area (Å²) in [4.78, 5) is 39.1. The van der Waals surface area contributed by atoms with Crippen LogP contribution in [0.25, 0.3) is 0 Å². The number of carboxylic acids is 1. The van der Waals surface area contributed by atoms with E-state index < -0.39 is 17.3 Å². The minimum atomic E-state index is -1.57. The average Bonchev–Trinajstić information content (AvgIpc) is 2.77. The topological polar surface area (TPSA) is 118 Å². The Bertz CT molecular complexity index is 1050. The van der Waals surface area contributed by atoms with Crippen molar-refractivity contribution in [1.82, 2.24) is 0 Å². The van der Waals surface area contributed by atoms with Gasteiger partial charge in [0.2, 0.25) is 5.91 Å². The van der Waals surface area contributed by atoms with Gasteiger partial charge in [-0.05, 0) is 103 Å². The third-order valence-electron chi connectivity index (χ3n) is 13.2. The number of carboxylic acid groups (broad SMARTS) is 1. The van der Waals surface area contributed by atoms with Crippen molar-refractivity contribution < 1.29 is 24.6 Å². The fourth-order valence-corrected chi connectivity index (χ4v) is 10.5. The van der Waals surface area contributed by atoms with E-state index in [-0.39, 0.29) is 69.6 Å². The van der Waals surface area contributed by atoms with E-state index in [1.165, 1.54) is 0 Å². The predicted molar refractivity (Wildman–Crippen MR) is 137 cm³/mol. The second-order valence-electron chi connectivity index (χ2n) is 14.8. The van der Waals surface area contributed by atoms with Gasteiger partial charge >= 0.3 is 5.97 Å². The first-order valence-corrected chi connectivity index (χ1v) is 14.0. The summed E-state index contributed by atoms with van der Waals surface area (Å²) in [6.07, 6.45) is 7.99. The predicted octanol–water partition coefficient (Wildman–Crippen LogP) is 4.88. The summed E-state index contributed by atoms with van der Waals surface area (Å²) in [5, 5.41) is 21.0. The molecule has 200 valence electrons. The van der Waals surface area contributed by atoms with E-state index in [0.717, 1.165) is 37.7 Å². The minimum absolute atomic E-state index is 0.127. The standard InChI is InChI=1S/C30H45NO5/c1-25(2)20-7-10-29(6)22(27(20,4)9-8-21(25)33)19(32)15-17-18-16-30(23(31)34,24(35)36)14-12-26(18,3)11-13-28(17,29)5/h15,18,20-22,33H,7-14,16H2,1-6H3,(H2,31,34)(H,35,36)/t18-,20?,21+,22-,26+,27+,28-,29-,30+/m1/s1. The average molecular weight is 500 g/mol. The second-order valence-corrected chi connectivity index (χ2v) is 14.8. The quantitative estimate of drug-likeness (QED) is 0.468. The van der Waals surface area contributed by atoms with Gasteiger partial charge in [-0.2, -0.15) is 0 Å². The highest BCUT2D eigenvalue weighted by Crippen LogP contribution is 2.75. The number of allylic oxidation sites excluding steroid dienone is 2. The van der Waals surface area contributed by atoms with Crippen LogP contribution in [0.5, 0.6) is 0 Å². The normalized spacial score (nSPS) is 51.6. The highest BCUT2D eigenvalue weighted by atomic mass is 16.4. The van der Waals surface area contributed by atoms with Crippen molar-refractivity contribution in [3.8, 4) is 0 Å². The minimum Gasteiger partial charge on any atom is -0.480 e. The number of carbonyl (C=O) groups is 3. The van der Waals surface area contributed by atoms with Gasteiger partial charge in [0.1, 0.15) is 5.41 Å². The van der Waals surface area contributed by atoms with Crippen molar-refractivity contribution in [2.75, 3.05) is 0 Å². The zero-order valence-corrected chi connectivity index (χ0v) is 22.9. The van der Waals surface area contributed by atoms with Crippen LogP contribution >= 0.6 is 0 Å². The first kappa shape index (κ1) is 25.9. The van der Waals surface area contributed by atoms with Crippen molar-refractivity contribution in [2.24, 2.45) is 56.0 Å². The summed E-state index contributed by atoms with van der Waals surface area (Å²) in [6.45, 7) is 13.5. The molecule has 0 bridgehead atoms. The highest BCUT2D eigenvalue weighted by Gasteiger charge is 2.70. The van der Waals surface area contributed by atoms with Gasteiger partial charge in [-0.15, -0.1) is 0 Å². The van der Waals surface area contributed by atoms with E-state index in [9.17, 15) is 24.6 Å². The maximum absolute atomic E-state index is 14.2. The third-order valence-corrected chi connectivity index (χ3v) is 13.2. The third kappa shape index (κ3) is 2.91. The molecule has 5 aliphatic carbocycles. The Labute approximate surface area is 215 Å². The van der Waals surface area contributed by atoms with Gasteiger partial charge in [0.15, 0.2) is 5.78 Å². The first-order valence-electron chi connectivity index (χ1n) is 14.0. The zero-order chi connectivity index (χ0) is 26.7. The Morgan fingerprint density at radius 3 is 2.19 bits per heavy atom. The van der Waals surface area contributed by atoms with Gasteiger partial charge in [0.25, 0.3) is 0 Å². The van der Waals surface area contributed by atoms with Crippen molar-refractivity contribution in [1.29, 1.82) is 0 Å². The number of fused-ring (bicyclic) bond motifs is 7. The van der Waals surface area contributed by atoms with E-state index in [4.69, 9.17) is 5.73 Å². The van der Waals surface area contributed by atoms with Crippen LogP contribution in [0.4, 0.5) is 0 Å². The fourth-order valence-electron chi connectivity index (χ4n) is 10.5. The van der Waals surface area contributed by atoms with Crippen molar-refractivity contribution in [3.05, 3.63) is 11.6 Å². The van der Waals surface area contributed by atoms with Crippen LogP contribution in [0.2, 0.25) is 0 Å². The van der Waals surface area contributed by atoms with Crippen LogP contribution < -0.4 is 5.73 Å². The van der Waals surface area contributed by atoms with E-state index >= 15 is 0 Å². The maximum atomic E-state index is 14.2. The molecule has 0 aromatic rings. The highest BCUT2D eigenvalue weighted by molar-refractivity contribution is 6.01. The van der Waals surface area contributed by atoms with E-state index in [1.54, 1.807) is 0 Å². The molecule has 1 amide bonds. The lowest BCUT2D eigenvalue weighted by molar-refractivity contribution is -0.202. The molecule has 0 aromatic carbocycles. The van der Waals surface area contributed by atoms with Crippen molar-refractivity contribution in [3.63, 3.8) is 0 Å². The SMILES string of the molecule is CC1(C)C2CC[C@]3(C)[C@H](C(=O)C=C4[C@H]5C[C@@](C(N)=O)(C(=O)O)CC[C@]5(C)CC[C@]43C)[C@@]2(C)CC[C@@H]1O. The molecule has 0 aliphatic heterocycles. The number of nitrogens with two attached hydrogens (primary N) is 1. The monoisotopic (exact) mass is 499 g/mol. The van der Waals surface area contributed by atoms with Crippen LogP contribution in [0, 0.1) is 50.2 Å². The van der Waals surface area contributed by atoms with Crippen LogP contribution in [0.3, 0.4) is 0 Å². The summed E-state index contributed by atoms with van der Waals surface area (Å²) in [7, 11) is 0. The largest absolute Gasteiger partial charge is 0.480 e. The van der Waals surface area contributed by atoms with Crippen LogP contribution in [0.1, 0.15) is 99.3 Å². The van der Waals surface area contributed by atoms with Gasteiger partial charge in [-0.3, -0.25) is 14.4 Å². The molecule has 4 saturated carbocycles. The number of rotatable bonds is 2. The molecule has 0 radical (unpaired) electrons. The van der Waals surface area contributed by atoms with Crippen LogP contribution in [0.15, 0.2) is 11.6 Å². The molecule has 0 heterocycles. The number of hydrogen-bond acceptors (Lipinski definition) is 4. The number of aliphatic carboxylic acids is 1. The molecular formula is C30H45NO5. The molecule has 9 atom stereocenters. The summed E-state index contributed by atoms with van der Waals surface area (Å²) >= 11 is 0. The van der Waals surface area contributed by atoms with E-state index in [0.29, 0.717) is 12.8 Å². The second kappa shape index (κ2) is 7.45. The summed E-state index contributed by atoms with van der Waals surface area (Å²) < 4.78 is 0. The summed E-state index contributed by atoms with van der Waals surface area (Å²) in [6, 6.07) is 0. The number of aliphatic hydroxyl groups is 1. The molecule has 0 aromatic heterocycles. The van der Waals surface area contributed by atoms with Crippen LogP contribution in [-0.2, 0) is 14.4 Å². The summed E-state index contributed by atoms with van der Waals surface area (Å²) in [5.74, 6) is -1.73. The molecule has 5 aliphatic rings. The van der Waals surface area contributed by atoms with E-state index in [1.807, 2.05) is 6.08 Å². The van der Waals surface area contributed by atoms with Gasteiger partial charge in [-0.1, -0.05) is 47.1 Å². The Balaban J connectivity index is 1.63. The molecule has 0 spiro atoms. The Morgan fingerprint density at radius 2 is 1.58 bits per heavy atom. The van der Waals surface area contributed by atoms with Gasteiger partial charge in [-0.25, -0.2) is 0 Å². The maximum Gasteiger partial charge on any atom is 0.319 e. The van der Waals surface area contributed by atoms with Gasteiger partial charge < -0.3 is 15.9 Å². The Kier molecular flexibility index (Phi) is 5.37. The number of carbonyl (C=O) groups excluding carboxylic acids is 2. The van der Waals surface area contributed by atoms with Gasteiger partial charge in [0.05, 0.1) is 6.10 Å². The lowest BCUT2D eigenvalue weighted by Crippen LogP contribution is -2.66. The molecule has 4 fully saturated rings. The number of primary amides is 1. The smallest absolute Gasteiger partial charge is 0.319 e. The number of amides is 1. The molecule has 0 saturated heterocycles. The lowest BCUT2D eigenvalue weighted by Gasteiger charge is -2.70. The molecule has 5 rings (SSSR count). The molecule has 6 nitrogen and oxygen atoms in total. The molecule has 6 heteroatoms. The van der Waals surface area contributed by atoms with Crippen molar-refractivity contribution in [2.45, 2.75) is 105 Å². The molecular weight excluding hydrogens is 454 g/mol. The lowest BCUT2D eigenvalue weighted by atomic mass is 9.33. The van der Waals surface area contributed by atoms with Gasteiger partial charge in [0, 0.05) is 5.92 Å². The fraction of sp³-hybridized carbons (Fsp3) is 0.833. The number of aliphatic hydroxyl groups excluding tert-OH is 1. The van der Waals surface area contributed by atoms with Crippen molar-refractivity contribution >= 4 is 17.7 Å². The van der Waals surface area contributed by atoms with Crippen LogP contribution in [-0.4, -0.2) is 34.0 Å². The molecule has 1 unspecified atom stereocenters. The Hall–Kier alpha value is -1.69. The number of ketones is 1. The van der Waals surface area contributed by atoms with E-state index in [2.05, 4.69) is 41.5 Å². The Morgan fingerprint density at radius 1 is 0.944 bits per heavy atom. The zero-order valence-electron chi connectivity index (χ0n) is 22.9. The summed E-state index contributed by atoms with van der Waals surface area (Å²) in [5.41, 5.74) is 4.16. The molecule has 36 heavy (non-hydrogen) atoms. The number of hydrogen-bond donors (Lipinski definition) is 3.